The quantitative estimate of drug-likeness (QED) is 0.180. The largest absolute Gasteiger partial charge is 0.352 e. The van der Waals surface area contributed by atoms with Gasteiger partial charge in [0, 0.05) is 29.1 Å². The number of hydrogen-bond acceptors (Lipinski definition) is 4. The minimum Gasteiger partial charge on any atom is -0.352 e. The molecule has 0 saturated carbocycles. The average Bonchev–Trinajstić information content (AvgIpc) is 2.99. The van der Waals surface area contributed by atoms with Crippen molar-refractivity contribution in [2.45, 2.75) is 50.7 Å². The first-order valence-electron chi connectivity index (χ1n) is 14.3. The van der Waals surface area contributed by atoms with Crippen molar-refractivity contribution < 1.29 is 22.4 Å². The number of sulfonamides is 1. The highest BCUT2D eigenvalue weighted by Gasteiger charge is 2.35. The third-order valence-corrected chi connectivity index (χ3v) is 9.43. The van der Waals surface area contributed by atoms with Crippen molar-refractivity contribution in [3.05, 3.63) is 130 Å². The molecule has 2 amide bonds. The lowest BCUT2D eigenvalue weighted by Gasteiger charge is -2.34. The summed E-state index contributed by atoms with van der Waals surface area (Å²) in [5.41, 5.74) is 1.79. The number of nitrogens with zero attached hydrogens (tertiary/aromatic N) is 2. The number of halogens is 3. The Morgan fingerprint density at radius 2 is 1.53 bits per heavy atom. The van der Waals surface area contributed by atoms with Crippen molar-refractivity contribution in [1.82, 2.24) is 10.2 Å². The first kappa shape index (κ1) is 34.0. The summed E-state index contributed by atoms with van der Waals surface area (Å²) in [5, 5.41) is 3.53. The van der Waals surface area contributed by atoms with E-state index in [9.17, 15) is 18.0 Å². The van der Waals surface area contributed by atoms with Crippen molar-refractivity contribution in [2.75, 3.05) is 10.8 Å². The summed E-state index contributed by atoms with van der Waals surface area (Å²) in [6.07, 6.45) is 0.126. The van der Waals surface area contributed by atoms with Crippen molar-refractivity contribution in [1.29, 1.82) is 0 Å². The molecule has 0 spiro atoms. The number of nitrogens with one attached hydrogen (secondary N) is 1. The molecule has 4 aromatic carbocycles. The van der Waals surface area contributed by atoms with Gasteiger partial charge in [-0.2, -0.15) is 0 Å². The van der Waals surface area contributed by atoms with E-state index in [0.29, 0.717) is 10.6 Å². The zero-order valence-electron chi connectivity index (χ0n) is 25.1. The minimum absolute atomic E-state index is 0.116. The van der Waals surface area contributed by atoms with Crippen LogP contribution in [-0.2, 0) is 32.6 Å². The lowest BCUT2D eigenvalue weighted by Crippen LogP contribution is -2.54. The van der Waals surface area contributed by atoms with Crippen LogP contribution in [0.25, 0.3) is 0 Å². The standard InChI is InChI=1S/C34H34Cl2FN3O4S/c1-23(2)38-34(42)32(19-25-9-5-4-6-10-25)39(21-26-15-16-27(35)20-29(26)36)33(41)22-40(31-12-8-7-11-30(31)37)45(43,44)28-17-13-24(3)14-18-28/h4-18,20,23,32H,19,21-22H2,1-3H3,(H,38,42)/t32-/m1/s1. The van der Waals surface area contributed by atoms with E-state index >= 15 is 4.39 Å². The van der Waals surface area contributed by atoms with Crippen LogP contribution in [0.1, 0.15) is 30.5 Å². The van der Waals surface area contributed by atoms with Gasteiger partial charge < -0.3 is 10.2 Å². The number of aryl methyl sites for hydroxylation is 1. The first-order chi connectivity index (χ1) is 21.4. The molecule has 45 heavy (non-hydrogen) atoms. The number of hydrogen-bond donors (Lipinski definition) is 1. The van der Waals surface area contributed by atoms with Gasteiger partial charge in [-0.1, -0.05) is 89.4 Å². The van der Waals surface area contributed by atoms with E-state index in [4.69, 9.17) is 23.2 Å². The van der Waals surface area contributed by atoms with Gasteiger partial charge in [-0.3, -0.25) is 13.9 Å². The van der Waals surface area contributed by atoms with Crippen LogP contribution < -0.4 is 9.62 Å². The van der Waals surface area contributed by atoms with Crippen LogP contribution in [-0.4, -0.2) is 43.8 Å². The molecule has 0 aliphatic rings. The average molecular weight is 671 g/mol. The molecule has 0 radical (unpaired) electrons. The Kier molecular flexibility index (Phi) is 11.3. The third-order valence-electron chi connectivity index (χ3n) is 7.07. The molecule has 7 nitrogen and oxygen atoms in total. The fourth-order valence-electron chi connectivity index (χ4n) is 4.77. The van der Waals surface area contributed by atoms with Crippen LogP contribution in [0.5, 0.6) is 0 Å². The van der Waals surface area contributed by atoms with Gasteiger partial charge in [0.15, 0.2) is 0 Å². The van der Waals surface area contributed by atoms with E-state index in [1.54, 1.807) is 38.1 Å². The molecule has 0 aromatic heterocycles. The second-order valence-corrected chi connectivity index (χ2v) is 13.6. The Balaban J connectivity index is 1.83. The Morgan fingerprint density at radius 3 is 2.16 bits per heavy atom. The molecule has 4 rings (SSSR count). The van der Waals surface area contributed by atoms with E-state index < -0.39 is 40.2 Å². The lowest BCUT2D eigenvalue weighted by atomic mass is 10.0. The van der Waals surface area contributed by atoms with E-state index in [2.05, 4.69) is 5.32 Å². The molecule has 11 heteroatoms. The van der Waals surface area contributed by atoms with Gasteiger partial charge in [0.05, 0.1) is 10.6 Å². The molecule has 0 aliphatic carbocycles. The number of anilines is 1. The van der Waals surface area contributed by atoms with Gasteiger partial charge in [0.1, 0.15) is 18.4 Å². The normalized spacial score (nSPS) is 12.1. The van der Waals surface area contributed by atoms with Gasteiger partial charge in [-0.25, -0.2) is 12.8 Å². The molecule has 1 N–H and O–H groups in total. The molecule has 0 heterocycles. The molecular weight excluding hydrogens is 636 g/mol. The molecular formula is C34H34Cl2FN3O4S. The molecule has 0 aliphatic heterocycles. The maximum absolute atomic E-state index is 15.2. The van der Waals surface area contributed by atoms with Crippen LogP contribution in [0.15, 0.2) is 102 Å². The summed E-state index contributed by atoms with van der Waals surface area (Å²) >= 11 is 12.6. The van der Waals surface area contributed by atoms with Gasteiger partial charge in [-0.05, 0) is 68.3 Å². The minimum atomic E-state index is -4.43. The molecule has 0 bridgehead atoms. The van der Waals surface area contributed by atoms with E-state index in [0.717, 1.165) is 21.5 Å². The summed E-state index contributed by atoms with van der Waals surface area (Å²) in [4.78, 5) is 29.3. The predicted molar refractivity (Wildman–Crippen MR) is 176 cm³/mol. The highest BCUT2D eigenvalue weighted by atomic mass is 35.5. The van der Waals surface area contributed by atoms with Crippen molar-refractivity contribution in [2.24, 2.45) is 0 Å². The molecule has 236 valence electrons. The summed E-state index contributed by atoms with van der Waals surface area (Å²) < 4.78 is 44.0. The fourth-order valence-corrected chi connectivity index (χ4v) is 6.66. The molecule has 1 atom stereocenters. The second kappa shape index (κ2) is 14.9. The Hall–Kier alpha value is -3.92. The highest BCUT2D eigenvalue weighted by molar-refractivity contribution is 7.92. The number of para-hydroxylation sites is 1. The van der Waals surface area contributed by atoms with Crippen molar-refractivity contribution >= 4 is 50.7 Å². The van der Waals surface area contributed by atoms with Crippen LogP contribution in [0.3, 0.4) is 0 Å². The summed E-state index contributed by atoms with van der Waals surface area (Å²) in [5.74, 6) is -2.00. The topological polar surface area (TPSA) is 86.8 Å². The maximum Gasteiger partial charge on any atom is 0.264 e. The Bertz CT molecular complexity index is 1750. The number of amides is 2. The zero-order valence-corrected chi connectivity index (χ0v) is 27.4. The highest BCUT2D eigenvalue weighted by Crippen LogP contribution is 2.28. The smallest absolute Gasteiger partial charge is 0.264 e. The number of carbonyl (C=O) groups is 2. The zero-order chi connectivity index (χ0) is 32.7. The van der Waals surface area contributed by atoms with Crippen molar-refractivity contribution in [3.8, 4) is 0 Å². The molecule has 0 fully saturated rings. The van der Waals surface area contributed by atoms with Gasteiger partial charge in [0.2, 0.25) is 11.8 Å². The summed E-state index contributed by atoms with van der Waals surface area (Å²) in [7, 11) is -4.43. The van der Waals surface area contributed by atoms with Gasteiger partial charge in [0.25, 0.3) is 10.0 Å². The van der Waals surface area contributed by atoms with Gasteiger partial charge in [-0.15, -0.1) is 0 Å². The lowest BCUT2D eigenvalue weighted by molar-refractivity contribution is -0.140. The van der Waals surface area contributed by atoms with Crippen LogP contribution in [0, 0.1) is 12.7 Å². The summed E-state index contributed by atoms with van der Waals surface area (Å²) in [6.45, 7) is 4.47. The molecule has 0 saturated heterocycles. The van der Waals surface area contributed by atoms with Gasteiger partial charge >= 0.3 is 0 Å². The third kappa shape index (κ3) is 8.63. The second-order valence-electron chi connectivity index (χ2n) is 10.9. The SMILES string of the molecule is Cc1ccc(S(=O)(=O)N(CC(=O)N(Cc2ccc(Cl)cc2Cl)[C@H](Cc2ccccc2)C(=O)NC(C)C)c2ccccc2F)cc1. The van der Waals surface area contributed by atoms with Crippen LogP contribution >= 0.6 is 23.2 Å². The van der Waals surface area contributed by atoms with E-state index in [-0.39, 0.29) is 34.6 Å². The molecule has 4 aromatic rings. The summed E-state index contributed by atoms with van der Waals surface area (Å²) in [6, 6.07) is 24.0. The van der Waals surface area contributed by atoms with E-state index in [1.807, 2.05) is 37.3 Å². The Morgan fingerprint density at radius 1 is 0.889 bits per heavy atom. The van der Waals surface area contributed by atoms with Crippen molar-refractivity contribution in [3.63, 3.8) is 0 Å². The fraction of sp³-hybridized carbons (Fsp3) is 0.235. The number of carbonyl (C=O) groups excluding carboxylic acids is 2. The van der Waals surface area contributed by atoms with E-state index in [1.165, 1.54) is 41.3 Å². The number of benzene rings is 4. The van der Waals surface area contributed by atoms with Crippen LogP contribution in [0.2, 0.25) is 10.0 Å². The van der Waals surface area contributed by atoms with Crippen LogP contribution in [0.4, 0.5) is 10.1 Å². The monoisotopic (exact) mass is 669 g/mol. The maximum atomic E-state index is 15.2. The Labute approximate surface area is 273 Å². The first-order valence-corrected chi connectivity index (χ1v) is 16.5. The molecule has 0 unspecified atom stereocenters. The number of rotatable bonds is 12. The predicted octanol–water partition coefficient (Wildman–Crippen LogP) is 6.80.